The van der Waals surface area contributed by atoms with E-state index in [4.69, 9.17) is 4.74 Å². The third-order valence-electron chi connectivity index (χ3n) is 5.13. The second-order valence-electron chi connectivity index (χ2n) is 8.42. The normalized spacial score (nSPS) is 11.8. The van der Waals surface area contributed by atoms with E-state index in [-0.39, 0.29) is 11.8 Å². The molecule has 2 rings (SSSR count). The van der Waals surface area contributed by atoms with Gasteiger partial charge in [0.25, 0.3) is 0 Å². The molecule has 0 unspecified atom stereocenters. The Morgan fingerprint density at radius 2 is 1.81 bits per heavy atom. The van der Waals surface area contributed by atoms with Gasteiger partial charge >= 0.3 is 0 Å². The molecular weight excluding hydrogens is 420 g/mol. The number of benzene rings is 2. The number of methoxy groups -OCH3 is 1. The monoisotopic (exact) mass is 456 g/mol. The minimum atomic E-state index is -0.507. The first-order valence-corrected chi connectivity index (χ1v) is 12.3. The van der Waals surface area contributed by atoms with Crippen LogP contribution in [0.25, 0.3) is 0 Å². The van der Waals surface area contributed by atoms with E-state index in [1.807, 2.05) is 37.3 Å². The van der Waals surface area contributed by atoms with Gasteiger partial charge in [-0.15, -0.1) is 11.8 Å². The summed E-state index contributed by atoms with van der Waals surface area (Å²) in [7, 11) is 1.62. The molecule has 0 aliphatic heterocycles. The topological polar surface area (TPSA) is 58.6 Å². The van der Waals surface area contributed by atoms with Crippen LogP contribution in [0.4, 0.5) is 0 Å². The van der Waals surface area contributed by atoms with E-state index < -0.39 is 6.04 Å². The zero-order chi connectivity index (χ0) is 23.5. The predicted molar refractivity (Wildman–Crippen MR) is 133 cm³/mol. The van der Waals surface area contributed by atoms with Crippen LogP contribution in [0.2, 0.25) is 0 Å². The highest BCUT2D eigenvalue weighted by Gasteiger charge is 2.28. The van der Waals surface area contributed by atoms with E-state index in [2.05, 4.69) is 44.3 Å². The Hall–Kier alpha value is -2.47. The van der Waals surface area contributed by atoms with Gasteiger partial charge in [0.1, 0.15) is 11.8 Å². The van der Waals surface area contributed by atoms with Crippen molar-refractivity contribution in [3.63, 3.8) is 0 Å². The Balaban J connectivity index is 2.14. The van der Waals surface area contributed by atoms with Crippen LogP contribution in [-0.4, -0.2) is 42.2 Å². The first-order valence-electron chi connectivity index (χ1n) is 11.2. The summed E-state index contributed by atoms with van der Waals surface area (Å²) < 4.78 is 5.33. The summed E-state index contributed by atoms with van der Waals surface area (Å²) in [6, 6.07) is 15.5. The maximum atomic E-state index is 13.3. The van der Waals surface area contributed by atoms with E-state index in [1.54, 1.807) is 23.8 Å². The van der Waals surface area contributed by atoms with E-state index in [0.717, 1.165) is 17.1 Å². The number of carbonyl (C=O) groups excluding carboxylic acids is 2. The molecule has 0 aromatic heterocycles. The first-order chi connectivity index (χ1) is 15.3. The molecule has 0 saturated heterocycles. The van der Waals surface area contributed by atoms with Gasteiger partial charge in [0.05, 0.1) is 12.9 Å². The molecule has 0 heterocycles. The molecule has 0 saturated carbocycles. The molecule has 6 heteroatoms. The number of hydrogen-bond donors (Lipinski definition) is 1. The zero-order valence-corrected chi connectivity index (χ0v) is 20.7. The molecule has 2 amide bonds. The summed E-state index contributed by atoms with van der Waals surface area (Å²) in [5.41, 5.74) is 3.35. The highest BCUT2D eigenvalue weighted by atomic mass is 32.2. The van der Waals surface area contributed by atoms with Crippen molar-refractivity contribution in [3.05, 3.63) is 65.2 Å². The van der Waals surface area contributed by atoms with Crippen molar-refractivity contribution in [3.8, 4) is 5.75 Å². The van der Waals surface area contributed by atoms with Crippen LogP contribution < -0.4 is 10.1 Å². The lowest BCUT2D eigenvalue weighted by atomic mass is 10.1. The number of ether oxygens (including phenoxy) is 1. The number of thioether (sulfide) groups is 1. The lowest BCUT2D eigenvalue weighted by Crippen LogP contribution is -2.50. The standard InChI is InChI=1S/C26H36N2O3S/c1-6-24(26(30)27-15-19(2)3)28(16-21-10-8-12-23(14-21)31-5)25(29)18-32-17-22-11-7-9-20(4)13-22/h7-14,19,24H,6,15-18H2,1-5H3,(H,27,30)/t24-/m0/s1. The van der Waals surface area contributed by atoms with Gasteiger partial charge in [-0.2, -0.15) is 0 Å². The third-order valence-corrected chi connectivity index (χ3v) is 6.12. The van der Waals surface area contributed by atoms with Crippen molar-refractivity contribution in [1.82, 2.24) is 10.2 Å². The van der Waals surface area contributed by atoms with Crippen LogP contribution in [0.1, 0.15) is 43.9 Å². The molecule has 0 radical (unpaired) electrons. The van der Waals surface area contributed by atoms with Crippen LogP contribution in [0.15, 0.2) is 48.5 Å². The van der Waals surface area contributed by atoms with Crippen LogP contribution in [-0.2, 0) is 21.9 Å². The fraction of sp³-hybridized carbons (Fsp3) is 0.462. The number of nitrogens with one attached hydrogen (secondary N) is 1. The van der Waals surface area contributed by atoms with Gasteiger partial charge in [-0.05, 0) is 42.5 Å². The molecule has 0 bridgehead atoms. The summed E-state index contributed by atoms with van der Waals surface area (Å²) in [5.74, 6) is 2.05. The predicted octanol–water partition coefficient (Wildman–Crippen LogP) is 4.82. The van der Waals surface area contributed by atoms with E-state index in [1.165, 1.54) is 11.1 Å². The molecule has 2 aromatic rings. The zero-order valence-electron chi connectivity index (χ0n) is 19.9. The first kappa shape index (κ1) is 25.8. The fourth-order valence-corrected chi connectivity index (χ4v) is 4.31. The molecule has 32 heavy (non-hydrogen) atoms. The largest absolute Gasteiger partial charge is 0.497 e. The molecule has 174 valence electrons. The smallest absolute Gasteiger partial charge is 0.242 e. The summed E-state index contributed by atoms with van der Waals surface area (Å²) in [5, 5.41) is 3.00. The fourth-order valence-electron chi connectivity index (χ4n) is 3.45. The highest BCUT2D eigenvalue weighted by Crippen LogP contribution is 2.20. The number of rotatable bonds is 12. The molecule has 0 spiro atoms. The number of nitrogens with zero attached hydrogens (tertiary/aromatic N) is 1. The average molecular weight is 457 g/mol. The van der Waals surface area contributed by atoms with Crippen LogP contribution in [0.5, 0.6) is 5.75 Å². The molecule has 2 aromatic carbocycles. The molecule has 0 aliphatic rings. The Bertz CT molecular complexity index is 885. The molecule has 0 aliphatic carbocycles. The van der Waals surface area contributed by atoms with Crippen LogP contribution in [0.3, 0.4) is 0 Å². The number of hydrogen-bond acceptors (Lipinski definition) is 4. The Morgan fingerprint density at radius 1 is 1.09 bits per heavy atom. The summed E-state index contributed by atoms with van der Waals surface area (Å²) in [4.78, 5) is 27.9. The van der Waals surface area contributed by atoms with Gasteiger partial charge in [0, 0.05) is 18.8 Å². The van der Waals surface area contributed by atoms with Gasteiger partial charge < -0.3 is 15.0 Å². The second-order valence-corrected chi connectivity index (χ2v) is 9.40. The van der Waals surface area contributed by atoms with E-state index in [9.17, 15) is 9.59 Å². The third kappa shape index (κ3) is 8.23. The molecule has 1 atom stereocenters. The minimum Gasteiger partial charge on any atom is -0.497 e. The van der Waals surface area contributed by atoms with Crippen molar-refractivity contribution in [2.75, 3.05) is 19.4 Å². The molecule has 5 nitrogen and oxygen atoms in total. The van der Waals surface area contributed by atoms with E-state index >= 15 is 0 Å². The summed E-state index contributed by atoms with van der Waals surface area (Å²) in [6.45, 7) is 9.10. The maximum absolute atomic E-state index is 13.3. The van der Waals surface area contributed by atoms with Crippen LogP contribution in [0, 0.1) is 12.8 Å². The lowest BCUT2D eigenvalue weighted by Gasteiger charge is -2.31. The number of aryl methyl sites for hydroxylation is 1. The maximum Gasteiger partial charge on any atom is 0.242 e. The van der Waals surface area contributed by atoms with Crippen molar-refractivity contribution in [2.45, 2.75) is 52.5 Å². The number of amides is 2. The SMILES string of the molecule is CC[C@@H](C(=O)NCC(C)C)N(Cc1cccc(OC)c1)C(=O)CSCc1cccc(C)c1. The summed E-state index contributed by atoms with van der Waals surface area (Å²) >= 11 is 1.58. The Kier molecular flexibility index (Phi) is 10.6. The molecule has 0 fully saturated rings. The average Bonchev–Trinajstić information content (AvgIpc) is 2.77. The van der Waals surface area contributed by atoms with Gasteiger partial charge in [-0.25, -0.2) is 0 Å². The van der Waals surface area contributed by atoms with Crippen molar-refractivity contribution >= 4 is 23.6 Å². The Morgan fingerprint density at radius 3 is 2.47 bits per heavy atom. The van der Waals surface area contributed by atoms with Crippen molar-refractivity contribution in [1.29, 1.82) is 0 Å². The number of carbonyl (C=O) groups is 2. The van der Waals surface area contributed by atoms with E-state index in [0.29, 0.717) is 31.2 Å². The van der Waals surface area contributed by atoms with Gasteiger partial charge in [0.2, 0.25) is 11.8 Å². The van der Waals surface area contributed by atoms with Gasteiger partial charge in [-0.1, -0.05) is 62.7 Å². The van der Waals surface area contributed by atoms with Crippen molar-refractivity contribution in [2.24, 2.45) is 5.92 Å². The minimum absolute atomic E-state index is 0.0305. The summed E-state index contributed by atoms with van der Waals surface area (Å²) in [6.07, 6.45) is 0.558. The van der Waals surface area contributed by atoms with Gasteiger partial charge in [0.15, 0.2) is 0 Å². The molecular formula is C26H36N2O3S. The van der Waals surface area contributed by atoms with Crippen molar-refractivity contribution < 1.29 is 14.3 Å². The lowest BCUT2D eigenvalue weighted by molar-refractivity contribution is -0.139. The highest BCUT2D eigenvalue weighted by molar-refractivity contribution is 7.99. The van der Waals surface area contributed by atoms with Gasteiger partial charge in [-0.3, -0.25) is 9.59 Å². The van der Waals surface area contributed by atoms with Crippen LogP contribution >= 0.6 is 11.8 Å². The Labute approximate surface area is 196 Å². The molecule has 1 N–H and O–H groups in total. The quantitative estimate of drug-likeness (QED) is 0.498. The second kappa shape index (κ2) is 13.2.